The van der Waals surface area contributed by atoms with Crippen molar-refractivity contribution in [2.75, 3.05) is 72.8 Å². The van der Waals surface area contributed by atoms with Gasteiger partial charge in [0.15, 0.2) is 0 Å². The second-order valence-electron chi connectivity index (χ2n) is 8.45. The Morgan fingerprint density at radius 2 is 1.73 bits per heavy atom. The number of piperazine rings is 1. The van der Waals surface area contributed by atoms with Gasteiger partial charge < -0.3 is 31.5 Å². The molecule has 1 aromatic heterocycles. The first kappa shape index (κ1) is 19.4. The summed E-state index contributed by atoms with van der Waals surface area (Å²) >= 11 is 0. The summed E-state index contributed by atoms with van der Waals surface area (Å²) in [6.07, 6.45) is 3.26. The Morgan fingerprint density at radius 3 is 2.47 bits per heavy atom. The molecule has 1 aromatic carbocycles. The quantitative estimate of drug-likeness (QED) is 0.595. The monoisotopic (exact) mass is 408 g/mol. The van der Waals surface area contributed by atoms with Crippen LogP contribution < -0.4 is 31.5 Å². The lowest BCUT2D eigenvalue weighted by molar-refractivity contribution is 0.412. The minimum Gasteiger partial charge on any atom is -0.369 e. The van der Waals surface area contributed by atoms with Crippen LogP contribution in [0.2, 0.25) is 0 Å². The molecule has 5 N–H and O–H groups in total. The average Bonchev–Trinajstić information content (AvgIpc) is 3.28. The number of nitrogens with zero attached hydrogens (tertiary/aromatic N) is 4. The maximum absolute atomic E-state index is 5.88. The zero-order valence-corrected chi connectivity index (χ0v) is 17.5. The maximum Gasteiger partial charge on any atom is 0.231 e. The number of fused-ring (bicyclic) bond motifs is 1. The van der Waals surface area contributed by atoms with E-state index in [4.69, 9.17) is 15.7 Å². The van der Waals surface area contributed by atoms with Crippen molar-refractivity contribution in [1.29, 1.82) is 0 Å². The third-order valence-electron chi connectivity index (χ3n) is 6.51. The molecule has 0 bridgehead atoms. The molecule has 0 aliphatic carbocycles. The highest BCUT2D eigenvalue weighted by atomic mass is 15.3. The molecule has 0 saturated carbocycles. The lowest BCUT2D eigenvalue weighted by Crippen LogP contribution is -2.43. The summed E-state index contributed by atoms with van der Waals surface area (Å²) in [6, 6.07) is 8.59. The molecule has 2 fully saturated rings. The first-order valence-electron chi connectivity index (χ1n) is 11.2. The molecule has 5 rings (SSSR count). The van der Waals surface area contributed by atoms with E-state index in [-0.39, 0.29) is 0 Å². The molecular formula is C22H32N8. The van der Waals surface area contributed by atoms with Crippen molar-refractivity contribution in [2.24, 2.45) is 11.7 Å². The maximum atomic E-state index is 5.88. The normalized spacial score (nSPS) is 19.5. The third kappa shape index (κ3) is 4.02. The number of nitrogens with one attached hydrogen (secondary N) is 3. The smallest absolute Gasteiger partial charge is 0.231 e. The second-order valence-corrected chi connectivity index (χ2v) is 8.45. The van der Waals surface area contributed by atoms with Gasteiger partial charge in [-0.1, -0.05) is 0 Å². The molecule has 30 heavy (non-hydrogen) atoms. The van der Waals surface area contributed by atoms with Crippen LogP contribution in [0.3, 0.4) is 0 Å². The Bertz CT molecular complexity index is 854. The molecule has 4 heterocycles. The van der Waals surface area contributed by atoms with E-state index in [1.165, 1.54) is 11.3 Å². The van der Waals surface area contributed by atoms with Gasteiger partial charge in [0, 0.05) is 62.8 Å². The van der Waals surface area contributed by atoms with Gasteiger partial charge in [-0.3, -0.25) is 0 Å². The van der Waals surface area contributed by atoms with Crippen LogP contribution in [-0.4, -0.2) is 62.3 Å². The van der Waals surface area contributed by atoms with E-state index >= 15 is 0 Å². The highest BCUT2D eigenvalue weighted by Gasteiger charge is 2.26. The van der Waals surface area contributed by atoms with E-state index in [2.05, 4.69) is 50.0 Å². The molecule has 3 aliphatic heterocycles. The Hall–Kier alpha value is -2.58. The van der Waals surface area contributed by atoms with Gasteiger partial charge in [-0.2, -0.15) is 9.97 Å². The molecule has 8 heteroatoms. The van der Waals surface area contributed by atoms with Gasteiger partial charge in [0.2, 0.25) is 5.95 Å². The molecule has 8 nitrogen and oxygen atoms in total. The van der Waals surface area contributed by atoms with Gasteiger partial charge >= 0.3 is 0 Å². The average molecular weight is 409 g/mol. The summed E-state index contributed by atoms with van der Waals surface area (Å²) in [6.45, 7) is 7.94. The van der Waals surface area contributed by atoms with Crippen molar-refractivity contribution in [3.05, 3.63) is 29.8 Å². The molecule has 0 amide bonds. The van der Waals surface area contributed by atoms with Crippen molar-refractivity contribution < 1.29 is 0 Å². The first-order valence-corrected chi connectivity index (χ1v) is 11.2. The van der Waals surface area contributed by atoms with E-state index in [0.29, 0.717) is 11.9 Å². The Kier molecular flexibility index (Phi) is 5.59. The second kappa shape index (κ2) is 8.65. The number of hydrogen-bond acceptors (Lipinski definition) is 8. The first-order chi connectivity index (χ1) is 14.8. The van der Waals surface area contributed by atoms with Crippen LogP contribution in [0, 0.1) is 5.92 Å². The number of benzene rings is 1. The molecule has 2 aromatic rings. The lowest BCUT2D eigenvalue weighted by atomic mass is 9.97. The largest absolute Gasteiger partial charge is 0.369 e. The van der Waals surface area contributed by atoms with Crippen LogP contribution in [0.5, 0.6) is 0 Å². The zero-order chi connectivity index (χ0) is 20.3. The van der Waals surface area contributed by atoms with Crippen molar-refractivity contribution in [3.8, 4) is 0 Å². The van der Waals surface area contributed by atoms with Gasteiger partial charge in [-0.15, -0.1) is 0 Å². The summed E-state index contributed by atoms with van der Waals surface area (Å²) in [5, 5.41) is 10.3. The van der Waals surface area contributed by atoms with Crippen LogP contribution in [0.1, 0.15) is 18.4 Å². The number of nitrogens with two attached hydrogens (primary N) is 1. The van der Waals surface area contributed by atoms with E-state index in [9.17, 15) is 0 Å². The minimum absolute atomic E-state index is 0.640. The fourth-order valence-electron chi connectivity index (χ4n) is 4.66. The fraction of sp³-hybridized carbons (Fsp3) is 0.545. The molecule has 0 radical (unpaired) electrons. The Balaban J connectivity index is 1.33. The SMILES string of the molecule is NCC1CCN(c2nc(Nc3ccc(N4CCNCC4)cc3)nc3c2CCN3)CC1. The highest BCUT2D eigenvalue weighted by molar-refractivity contribution is 5.68. The summed E-state index contributed by atoms with van der Waals surface area (Å²) in [7, 11) is 0. The Labute approximate surface area is 178 Å². The van der Waals surface area contributed by atoms with Gasteiger partial charge in [-0.05, 0) is 56.0 Å². The summed E-state index contributed by atoms with van der Waals surface area (Å²) < 4.78 is 0. The van der Waals surface area contributed by atoms with Gasteiger partial charge in [0.25, 0.3) is 0 Å². The summed E-state index contributed by atoms with van der Waals surface area (Å²) in [4.78, 5) is 14.5. The van der Waals surface area contributed by atoms with E-state index in [0.717, 1.165) is 88.9 Å². The molecule has 2 saturated heterocycles. The summed E-state index contributed by atoms with van der Waals surface area (Å²) in [5.41, 5.74) is 9.41. The third-order valence-corrected chi connectivity index (χ3v) is 6.51. The molecular weight excluding hydrogens is 376 g/mol. The van der Waals surface area contributed by atoms with Crippen molar-refractivity contribution in [1.82, 2.24) is 15.3 Å². The molecule has 0 spiro atoms. The van der Waals surface area contributed by atoms with E-state index < -0.39 is 0 Å². The number of aromatic nitrogens is 2. The van der Waals surface area contributed by atoms with Gasteiger partial charge in [0.05, 0.1) is 0 Å². The standard InChI is InChI=1S/C22H32N8/c23-15-16-6-11-30(12-7-16)21-19-5-8-25-20(19)27-22(28-21)26-17-1-3-18(4-2-17)29-13-9-24-10-14-29/h1-4,16,24H,5-15,23H2,(H2,25,26,27,28). The predicted octanol–water partition coefficient (Wildman–Crippen LogP) is 1.77. The van der Waals surface area contributed by atoms with Gasteiger partial charge in [-0.25, -0.2) is 0 Å². The summed E-state index contributed by atoms with van der Waals surface area (Å²) in [5.74, 6) is 3.36. The molecule has 160 valence electrons. The number of anilines is 5. The number of piperidine rings is 1. The molecule has 0 atom stereocenters. The number of hydrogen-bond donors (Lipinski definition) is 4. The van der Waals surface area contributed by atoms with Crippen LogP contribution >= 0.6 is 0 Å². The van der Waals surface area contributed by atoms with Crippen molar-refractivity contribution in [2.45, 2.75) is 19.3 Å². The van der Waals surface area contributed by atoms with Crippen LogP contribution in [0.4, 0.5) is 29.0 Å². The van der Waals surface area contributed by atoms with Crippen molar-refractivity contribution >= 4 is 29.0 Å². The zero-order valence-electron chi connectivity index (χ0n) is 17.5. The van der Waals surface area contributed by atoms with E-state index in [1.54, 1.807) is 0 Å². The predicted molar refractivity (Wildman–Crippen MR) is 123 cm³/mol. The fourth-order valence-corrected chi connectivity index (χ4v) is 4.66. The molecule has 0 unspecified atom stereocenters. The molecule has 3 aliphatic rings. The Morgan fingerprint density at radius 1 is 0.967 bits per heavy atom. The van der Waals surface area contributed by atoms with Crippen LogP contribution in [0.25, 0.3) is 0 Å². The van der Waals surface area contributed by atoms with Crippen LogP contribution in [-0.2, 0) is 6.42 Å². The van der Waals surface area contributed by atoms with Gasteiger partial charge in [0.1, 0.15) is 11.6 Å². The topological polar surface area (TPSA) is 94.4 Å². The van der Waals surface area contributed by atoms with E-state index in [1.807, 2.05) is 0 Å². The number of rotatable bonds is 5. The van der Waals surface area contributed by atoms with Crippen LogP contribution in [0.15, 0.2) is 24.3 Å². The van der Waals surface area contributed by atoms with Crippen molar-refractivity contribution in [3.63, 3.8) is 0 Å². The minimum atomic E-state index is 0.640. The highest BCUT2D eigenvalue weighted by Crippen LogP contribution is 2.33. The lowest BCUT2D eigenvalue weighted by Gasteiger charge is -2.33.